The van der Waals surface area contributed by atoms with Gasteiger partial charge in [-0.2, -0.15) is 0 Å². The molecule has 2 rings (SSSR count). The zero-order valence-corrected chi connectivity index (χ0v) is 12.0. The van der Waals surface area contributed by atoms with Crippen molar-refractivity contribution in [3.63, 3.8) is 0 Å². The van der Waals surface area contributed by atoms with Crippen LogP contribution >= 0.6 is 0 Å². The minimum atomic E-state index is -1.00. The summed E-state index contributed by atoms with van der Waals surface area (Å²) >= 11 is 0. The fraction of sp³-hybridized carbons (Fsp3) is 0.600. The number of carbonyl (C=O) groups is 2. The van der Waals surface area contributed by atoms with Crippen molar-refractivity contribution in [1.82, 2.24) is 5.32 Å². The second-order valence-corrected chi connectivity index (χ2v) is 5.68. The number of carboxylic acids is 1. The van der Waals surface area contributed by atoms with Gasteiger partial charge >= 0.3 is 5.97 Å². The Labute approximate surface area is 118 Å². The number of nitrogens with one attached hydrogen (secondary N) is 1. The van der Waals surface area contributed by atoms with Gasteiger partial charge in [-0.1, -0.05) is 13.3 Å². The van der Waals surface area contributed by atoms with Crippen molar-refractivity contribution in [1.29, 1.82) is 0 Å². The molecule has 1 aliphatic carbocycles. The highest BCUT2D eigenvalue weighted by Crippen LogP contribution is 2.43. The van der Waals surface area contributed by atoms with E-state index in [1.165, 1.54) is 12.7 Å². The van der Waals surface area contributed by atoms with E-state index in [1.807, 2.05) is 0 Å². The molecule has 0 spiro atoms. The molecule has 1 fully saturated rings. The van der Waals surface area contributed by atoms with Crippen LogP contribution < -0.4 is 5.32 Å². The van der Waals surface area contributed by atoms with Crippen LogP contribution in [0.3, 0.4) is 0 Å². The van der Waals surface area contributed by atoms with Crippen LogP contribution in [-0.2, 0) is 11.2 Å². The number of carboxylic acid groups (broad SMARTS) is 1. The molecular formula is C15H21NO4. The van der Waals surface area contributed by atoms with E-state index in [9.17, 15) is 9.59 Å². The predicted octanol–water partition coefficient (Wildman–Crippen LogP) is 2.53. The molecule has 0 radical (unpaired) electrons. The van der Waals surface area contributed by atoms with Crippen LogP contribution in [0.15, 0.2) is 10.7 Å². The third-order valence-electron chi connectivity index (χ3n) is 4.38. The first kappa shape index (κ1) is 14.6. The average molecular weight is 279 g/mol. The summed E-state index contributed by atoms with van der Waals surface area (Å²) in [5.41, 5.74) is 1.29. The fourth-order valence-electron chi connectivity index (χ4n) is 2.76. The highest BCUT2D eigenvalue weighted by atomic mass is 16.4. The minimum Gasteiger partial charge on any atom is -0.481 e. The summed E-state index contributed by atoms with van der Waals surface area (Å²) in [6.07, 6.45) is 5.74. The monoisotopic (exact) mass is 279 g/mol. The summed E-state index contributed by atoms with van der Waals surface area (Å²) in [6, 6.07) is 0. The van der Waals surface area contributed by atoms with Gasteiger partial charge in [0.15, 0.2) is 0 Å². The van der Waals surface area contributed by atoms with Crippen LogP contribution in [0.25, 0.3) is 0 Å². The van der Waals surface area contributed by atoms with Gasteiger partial charge in [0.25, 0.3) is 5.91 Å². The van der Waals surface area contributed by atoms with Crippen molar-refractivity contribution in [2.24, 2.45) is 5.41 Å². The lowest BCUT2D eigenvalue weighted by molar-refractivity contribution is -0.136. The molecule has 1 saturated carbocycles. The van der Waals surface area contributed by atoms with Gasteiger partial charge in [0, 0.05) is 12.1 Å². The maximum atomic E-state index is 12.3. The van der Waals surface area contributed by atoms with Gasteiger partial charge in [-0.05, 0) is 31.6 Å². The molecule has 5 nitrogen and oxygen atoms in total. The minimum absolute atomic E-state index is 0.228. The SMILES string of the molecule is CCC1(CNC(=O)c2c(C)coc2CC(=O)O)CCC1. The van der Waals surface area contributed by atoms with E-state index >= 15 is 0 Å². The highest BCUT2D eigenvalue weighted by molar-refractivity contribution is 5.97. The van der Waals surface area contributed by atoms with Gasteiger partial charge in [0.2, 0.25) is 0 Å². The number of amides is 1. The van der Waals surface area contributed by atoms with Crippen LogP contribution in [0, 0.1) is 12.3 Å². The van der Waals surface area contributed by atoms with Crippen LogP contribution in [0.2, 0.25) is 0 Å². The van der Waals surface area contributed by atoms with Crippen molar-refractivity contribution in [2.45, 2.75) is 46.0 Å². The molecule has 0 atom stereocenters. The Balaban J connectivity index is 2.05. The van der Waals surface area contributed by atoms with Gasteiger partial charge in [0.1, 0.15) is 12.2 Å². The molecule has 1 aromatic rings. The third kappa shape index (κ3) is 2.86. The zero-order valence-electron chi connectivity index (χ0n) is 12.0. The number of furan rings is 1. The topological polar surface area (TPSA) is 79.5 Å². The summed E-state index contributed by atoms with van der Waals surface area (Å²) in [4.78, 5) is 23.0. The molecule has 2 N–H and O–H groups in total. The molecular weight excluding hydrogens is 258 g/mol. The largest absolute Gasteiger partial charge is 0.481 e. The first-order chi connectivity index (χ1) is 9.47. The van der Waals surface area contributed by atoms with Gasteiger partial charge in [-0.3, -0.25) is 9.59 Å². The first-order valence-electron chi connectivity index (χ1n) is 7.04. The summed E-state index contributed by atoms with van der Waals surface area (Å²) < 4.78 is 5.18. The number of hydrogen-bond donors (Lipinski definition) is 2. The molecule has 0 unspecified atom stereocenters. The molecule has 0 aromatic carbocycles. The number of aliphatic carboxylic acids is 1. The molecule has 20 heavy (non-hydrogen) atoms. The van der Waals surface area contributed by atoms with Gasteiger partial charge in [0.05, 0.1) is 11.8 Å². The number of hydrogen-bond acceptors (Lipinski definition) is 3. The summed E-state index contributed by atoms with van der Waals surface area (Å²) in [5, 5.41) is 11.8. The van der Waals surface area contributed by atoms with Gasteiger partial charge < -0.3 is 14.8 Å². The highest BCUT2D eigenvalue weighted by Gasteiger charge is 2.35. The normalized spacial score (nSPS) is 16.5. The maximum absolute atomic E-state index is 12.3. The van der Waals surface area contributed by atoms with E-state index in [-0.39, 0.29) is 23.5 Å². The third-order valence-corrected chi connectivity index (χ3v) is 4.38. The Morgan fingerprint density at radius 1 is 1.45 bits per heavy atom. The second kappa shape index (κ2) is 5.69. The Kier molecular flexibility index (Phi) is 4.16. The molecule has 1 aromatic heterocycles. The van der Waals surface area contributed by atoms with Crippen molar-refractivity contribution in [3.8, 4) is 0 Å². The average Bonchev–Trinajstić information content (AvgIpc) is 2.68. The van der Waals surface area contributed by atoms with Gasteiger partial charge in [-0.25, -0.2) is 0 Å². The van der Waals surface area contributed by atoms with E-state index in [0.717, 1.165) is 19.3 Å². The zero-order chi connectivity index (χ0) is 14.8. The summed E-state index contributed by atoms with van der Waals surface area (Å²) in [6.45, 7) is 4.55. The van der Waals surface area contributed by atoms with Crippen LogP contribution in [0.1, 0.15) is 54.3 Å². The van der Waals surface area contributed by atoms with E-state index in [0.29, 0.717) is 17.7 Å². The van der Waals surface area contributed by atoms with Gasteiger partial charge in [-0.15, -0.1) is 0 Å². The van der Waals surface area contributed by atoms with Crippen molar-refractivity contribution >= 4 is 11.9 Å². The number of aryl methyl sites for hydroxylation is 1. The molecule has 5 heteroatoms. The predicted molar refractivity (Wildman–Crippen MR) is 73.7 cm³/mol. The van der Waals surface area contributed by atoms with Crippen LogP contribution in [-0.4, -0.2) is 23.5 Å². The van der Waals surface area contributed by atoms with E-state index < -0.39 is 5.97 Å². The Bertz CT molecular complexity index is 508. The van der Waals surface area contributed by atoms with Crippen LogP contribution in [0.4, 0.5) is 0 Å². The maximum Gasteiger partial charge on any atom is 0.311 e. The van der Waals surface area contributed by atoms with Crippen molar-refractivity contribution < 1.29 is 19.1 Å². The molecule has 0 aliphatic heterocycles. The molecule has 0 bridgehead atoms. The van der Waals surface area contributed by atoms with Crippen LogP contribution in [0.5, 0.6) is 0 Å². The Morgan fingerprint density at radius 2 is 2.15 bits per heavy atom. The lowest BCUT2D eigenvalue weighted by Gasteiger charge is -2.41. The molecule has 1 amide bonds. The van der Waals surface area contributed by atoms with E-state index in [1.54, 1.807) is 6.92 Å². The Morgan fingerprint density at radius 3 is 2.65 bits per heavy atom. The molecule has 1 aliphatic rings. The fourth-order valence-corrected chi connectivity index (χ4v) is 2.76. The Hall–Kier alpha value is -1.78. The smallest absolute Gasteiger partial charge is 0.311 e. The quantitative estimate of drug-likeness (QED) is 0.838. The summed E-state index contributed by atoms with van der Waals surface area (Å²) in [5.74, 6) is -1.00. The second-order valence-electron chi connectivity index (χ2n) is 5.68. The molecule has 110 valence electrons. The lowest BCUT2D eigenvalue weighted by Crippen LogP contribution is -2.42. The van der Waals surface area contributed by atoms with Crippen molar-refractivity contribution in [3.05, 3.63) is 23.2 Å². The summed E-state index contributed by atoms with van der Waals surface area (Å²) in [7, 11) is 0. The van der Waals surface area contributed by atoms with E-state index in [2.05, 4.69) is 12.2 Å². The number of carbonyl (C=O) groups excluding carboxylic acids is 1. The van der Waals surface area contributed by atoms with Crippen molar-refractivity contribution in [2.75, 3.05) is 6.54 Å². The van der Waals surface area contributed by atoms with E-state index in [4.69, 9.17) is 9.52 Å². The first-order valence-corrected chi connectivity index (χ1v) is 7.04. The standard InChI is InChI=1S/C15H21NO4/c1-3-15(5-4-6-15)9-16-14(19)13-10(2)8-20-11(13)7-12(17)18/h8H,3-7,9H2,1-2H3,(H,16,19)(H,17,18). The number of rotatable bonds is 6. The lowest BCUT2D eigenvalue weighted by atomic mass is 9.67. The molecule has 0 saturated heterocycles. The molecule has 1 heterocycles.